The van der Waals surface area contributed by atoms with Gasteiger partial charge in [-0.1, -0.05) is 0 Å². The van der Waals surface area contributed by atoms with Crippen molar-refractivity contribution in [1.29, 1.82) is 0 Å². The van der Waals surface area contributed by atoms with E-state index in [1.807, 2.05) is 12.1 Å². The van der Waals surface area contributed by atoms with Gasteiger partial charge in [-0.25, -0.2) is 4.98 Å². The van der Waals surface area contributed by atoms with Crippen LogP contribution in [0.4, 0.5) is 5.82 Å². The predicted molar refractivity (Wildman–Crippen MR) is 79.0 cm³/mol. The molecule has 0 aliphatic carbocycles. The van der Waals surface area contributed by atoms with Crippen LogP contribution >= 0.6 is 0 Å². The van der Waals surface area contributed by atoms with Crippen LogP contribution < -0.4 is 15.5 Å². The molecule has 1 aromatic rings. The maximum absolute atomic E-state index is 12.0. The molecule has 20 heavy (non-hydrogen) atoms. The predicted octanol–water partition coefficient (Wildman–Crippen LogP) is 1.16. The average molecular weight is 274 g/mol. The number of aromatic nitrogens is 1. The molecule has 1 amide bonds. The molecule has 2 aliphatic rings. The standard InChI is InChI=1S/C15H22N4O/c20-15(18-11-13-4-3-7-16-13)12-5-6-14(17-10-12)19-8-1-2-9-19/h5-6,10,13,16H,1-4,7-9,11H2,(H,18,20). The molecular formula is C15H22N4O. The molecular weight excluding hydrogens is 252 g/mol. The zero-order chi connectivity index (χ0) is 13.8. The number of nitrogens with one attached hydrogen (secondary N) is 2. The van der Waals surface area contributed by atoms with Crippen LogP contribution in [0.3, 0.4) is 0 Å². The van der Waals surface area contributed by atoms with Crippen LogP contribution in [0.2, 0.25) is 0 Å². The van der Waals surface area contributed by atoms with Gasteiger partial charge < -0.3 is 15.5 Å². The molecule has 0 radical (unpaired) electrons. The highest BCUT2D eigenvalue weighted by molar-refractivity contribution is 5.94. The Morgan fingerprint density at radius 1 is 1.35 bits per heavy atom. The molecule has 0 bridgehead atoms. The van der Waals surface area contributed by atoms with Crippen molar-refractivity contribution in [3.8, 4) is 0 Å². The minimum absolute atomic E-state index is 0.0285. The van der Waals surface area contributed by atoms with Gasteiger partial charge in [0, 0.05) is 31.9 Å². The Hall–Kier alpha value is -1.62. The van der Waals surface area contributed by atoms with E-state index in [1.165, 1.54) is 19.3 Å². The lowest BCUT2D eigenvalue weighted by atomic mass is 10.2. The van der Waals surface area contributed by atoms with Gasteiger partial charge in [-0.05, 0) is 44.4 Å². The number of anilines is 1. The number of rotatable bonds is 4. The molecule has 2 fully saturated rings. The SMILES string of the molecule is O=C(NCC1CCCN1)c1ccc(N2CCCC2)nc1. The number of amides is 1. The molecule has 2 N–H and O–H groups in total. The first-order valence-corrected chi connectivity index (χ1v) is 7.55. The summed E-state index contributed by atoms with van der Waals surface area (Å²) in [5.41, 5.74) is 0.644. The Kier molecular flexibility index (Phi) is 4.16. The largest absolute Gasteiger partial charge is 0.357 e. The number of hydrogen-bond acceptors (Lipinski definition) is 4. The number of carbonyl (C=O) groups is 1. The summed E-state index contributed by atoms with van der Waals surface area (Å²) in [5.74, 6) is 0.954. The third-order valence-electron chi connectivity index (χ3n) is 4.11. The fraction of sp³-hybridized carbons (Fsp3) is 0.600. The van der Waals surface area contributed by atoms with Crippen molar-refractivity contribution in [2.45, 2.75) is 31.7 Å². The fourth-order valence-electron chi connectivity index (χ4n) is 2.90. The van der Waals surface area contributed by atoms with Crippen LogP contribution in [0.5, 0.6) is 0 Å². The highest BCUT2D eigenvalue weighted by Crippen LogP contribution is 2.17. The number of hydrogen-bond donors (Lipinski definition) is 2. The van der Waals surface area contributed by atoms with Crippen molar-refractivity contribution in [1.82, 2.24) is 15.6 Å². The van der Waals surface area contributed by atoms with Crippen molar-refractivity contribution >= 4 is 11.7 Å². The van der Waals surface area contributed by atoms with Crippen molar-refractivity contribution < 1.29 is 4.79 Å². The van der Waals surface area contributed by atoms with Gasteiger partial charge in [0.25, 0.3) is 5.91 Å². The first-order valence-electron chi connectivity index (χ1n) is 7.55. The number of nitrogens with zero attached hydrogens (tertiary/aromatic N) is 2. The second kappa shape index (κ2) is 6.22. The third-order valence-corrected chi connectivity index (χ3v) is 4.11. The summed E-state index contributed by atoms with van der Waals surface area (Å²) >= 11 is 0. The van der Waals surface area contributed by atoms with Gasteiger partial charge in [0.2, 0.25) is 0 Å². The normalized spacial score (nSPS) is 22.2. The summed E-state index contributed by atoms with van der Waals surface area (Å²) in [5, 5.41) is 6.35. The maximum atomic E-state index is 12.0. The molecule has 5 nitrogen and oxygen atoms in total. The summed E-state index contributed by atoms with van der Waals surface area (Å²) < 4.78 is 0. The molecule has 1 aromatic heterocycles. The lowest BCUT2D eigenvalue weighted by Crippen LogP contribution is -2.37. The number of carbonyl (C=O) groups excluding carboxylic acids is 1. The lowest BCUT2D eigenvalue weighted by Gasteiger charge is -2.16. The summed E-state index contributed by atoms with van der Waals surface area (Å²) in [7, 11) is 0. The van der Waals surface area contributed by atoms with E-state index in [4.69, 9.17) is 0 Å². The van der Waals surface area contributed by atoms with Crippen LogP contribution in [0.15, 0.2) is 18.3 Å². The van der Waals surface area contributed by atoms with E-state index in [9.17, 15) is 4.79 Å². The van der Waals surface area contributed by atoms with E-state index in [-0.39, 0.29) is 5.91 Å². The second-order valence-corrected chi connectivity index (χ2v) is 5.60. The molecule has 0 spiro atoms. The Morgan fingerprint density at radius 3 is 2.85 bits per heavy atom. The van der Waals surface area contributed by atoms with Crippen LogP contribution in [-0.2, 0) is 0 Å². The van der Waals surface area contributed by atoms with Gasteiger partial charge in [0.15, 0.2) is 0 Å². The van der Waals surface area contributed by atoms with Crippen molar-refractivity contribution in [2.75, 3.05) is 31.1 Å². The van der Waals surface area contributed by atoms with Crippen molar-refractivity contribution in [3.05, 3.63) is 23.9 Å². The van der Waals surface area contributed by atoms with E-state index in [1.54, 1.807) is 6.20 Å². The minimum Gasteiger partial charge on any atom is -0.357 e. The molecule has 2 aliphatic heterocycles. The molecule has 0 saturated carbocycles. The number of pyridine rings is 1. The highest BCUT2D eigenvalue weighted by Gasteiger charge is 2.16. The molecule has 5 heteroatoms. The van der Waals surface area contributed by atoms with E-state index >= 15 is 0 Å². The lowest BCUT2D eigenvalue weighted by molar-refractivity contribution is 0.0950. The third kappa shape index (κ3) is 3.10. The Labute approximate surface area is 119 Å². The maximum Gasteiger partial charge on any atom is 0.252 e. The topological polar surface area (TPSA) is 57.3 Å². The van der Waals surface area contributed by atoms with Crippen LogP contribution in [0.25, 0.3) is 0 Å². The van der Waals surface area contributed by atoms with Crippen LogP contribution in [0.1, 0.15) is 36.0 Å². The quantitative estimate of drug-likeness (QED) is 0.865. The van der Waals surface area contributed by atoms with Gasteiger partial charge in [-0.15, -0.1) is 0 Å². The summed E-state index contributed by atoms with van der Waals surface area (Å²) in [6, 6.07) is 4.25. The molecule has 0 aromatic carbocycles. The summed E-state index contributed by atoms with van der Waals surface area (Å²) in [6.45, 7) is 3.91. The fourth-order valence-corrected chi connectivity index (χ4v) is 2.90. The van der Waals surface area contributed by atoms with E-state index < -0.39 is 0 Å². The highest BCUT2D eigenvalue weighted by atomic mass is 16.1. The second-order valence-electron chi connectivity index (χ2n) is 5.60. The Balaban J connectivity index is 1.54. The molecule has 3 heterocycles. The zero-order valence-corrected chi connectivity index (χ0v) is 11.8. The van der Waals surface area contributed by atoms with Gasteiger partial charge >= 0.3 is 0 Å². The molecule has 1 atom stereocenters. The zero-order valence-electron chi connectivity index (χ0n) is 11.8. The Morgan fingerprint density at radius 2 is 2.20 bits per heavy atom. The van der Waals surface area contributed by atoms with E-state index in [0.29, 0.717) is 18.2 Å². The van der Waals surface area contributed by atoms with Crippen LogP contribution in [0, 0.1) is 0 Å². The minimum atomic E-state index is -0.0285. The van der Waals surface area contributed by atoms with Crippen molar-refractivity contribution in [3.63, 3.8) is 0 Å². The first kappa shape index (κ1) is 13.4. The molecule has 108 valence electrons. The molecule has 3 rings (SSSR count). The molecule has 2 saturated heterocycles. The summed E-state index contributed by atoms with van der Waals surface area (Å²) in [4.78, 5) is 18.7. The van der Waals surface area contributed by atoms with Gasteiger partial charge in [-0.3, -0.25) is 4.79 Å². The van der Waals surface area contributed by atoms with Crippen molar-refractivity contribution in [2.24, 2.45) is 0 Å². The average Bonchev–Trinajstić information content (AvgIpc) is 3.18. The summed E-state index contributed by atoms with van der Waals surface area (Å²) in [6.07, 6.45) is 6.50. The van der Waals surface area contributed by atoms with Gasteiger partial charge in [-0.2, -0.15) is 0 Å². The van der Waals surface area contributed by atoms with Crippen LogP contribution in [-0.4, -0.2) is 43.1 Å². The molecule has 1 unspecified atom stereocenters. The van der Waals surface area contributed by atoms with Gasteiger partial charge in [0.1, 0.15) is 5.82 Å². The van der Waals surface area contributed by atoms with E-state index in [0.717, 1.165) is 31.9 Å². The van der Waals surface area contributed by atoms with Gasteiger partial charge in [0.05, 0.1) is 5.56 Å². The van der Waals surface area contributed by atoms with E-state index in [2.05, 4.69) is 20.5 Å². The first-order chi connectivity index (χ1) is 9.83. The monoisotopic (exact) mass is 274 g/mol. The Bertz CT molecular complexity index is 447. The smallest absolute Gasteiger partial charge is 0.252 e.